The molecule has 0 saturated heterocycles. The Balaban J connectivity index is 0. The Morgan fingerprint density at radius 2 is 1.78 bits per heavy atom. The molecule has 0 aliphatic carbocycles. The second-order valence-corrected chi connectivity index (χ2v) is 1.70. The van der Waals surface area contributed by atoms with E-state index >= 15 is 0 Å². The smallest absolute Gasteiger partial charge is 0.0326 e. The fourth-order valence-corrected chi connectivity index (χ4v) is 0.245. The van der Waals surface area contributed by atoms with Crippen molar-refractivity contribution in [1.82, 2.24) is 4.90 Å². The SMILES string of the molecule is CC.CN=CCN(C)C. The van der Waals surface area contributed by atoms with Crippen LogP contribution in [-0.2, 0) is 0 Å². The highest BCUT2D eigenvalue weighted by Crippen LogP contribution is 1.65. The van der Waals surface area contributed by atoms with Gasteiger partial charge < -0.3 is 4.90 Å². The lowest BCUT2D eigenvalue weighted by molar-refractivity contribution is 0.473. The lowest BCUT2D eigenvalue weighted by atomic mass is 10.6. The predicted molar refractivity (Wildman–Crippen MR) is 44.3 cm³/mol. The highest BCUT2D eigenvalue weighted by atomic mass is 15.1. The summed E-state index contributed by atoms with van der Waals surface area (Å²) in [5.41, 5.74) is 0. The second kappa shape index (κ2) is 10.6. The third-order valence-electron chi connectivity index (χ3n) is 0.629. The molecule has 0 radical (unpaired) electrons. The molecule has 0 rings (SSSR count). The zero-order chi connectivity index (χ0) is 7.70. The molecule has 0 spiro atoms. The highest BCUT2D eigenvalue weighted by molar-refractivity contribution is 5.59. The van der Waals surface area contributed by atoms with Crippen molar-refractivity contribution in [2.45, 2.75) is 13.8 Å². The van der Waals surface area contributed by atoms with E-state index in [1.165, 1.54) is 0 Å². The minimum atomic E-state index is 0.941. The molecule has 0 heterocycles. The Bertz CT molecular complexity index is 57.9. The van der Waals surface area contributed by atoms with Crippen molar-refractivity contribution in [1.29, 1.82) is 0 Å². The molecule has 0 bridgehead atoms. The maximum Gasteiger partial charge on any atom is 0.0326 e. The number of aliphatic imine (C=N–C) groups is 1. The van der Waals surface area contributed by atoms with E-state index in [2.05, 4.69) is 9.89 Å². The molecule has 0 aromatic carbocycles. The van der Waals surface area contributed by atoms with Gasteiger partial charge >= 0.3 is 0 Å². The summed E-state index contributed by atoms with van der Waals surface area (Å²) in [7, 11) is 5.81. The van der Waals surface area contributed by atoms with Crippen LogP contribution >= 0.6 is 0 Å². The third-order valence-corrected chi connectivity index (χ3v) is 0.629. The summed E-state index contributed by atoms with van der Waals surface area (Å²) < 4.78 is 0. The molecule has 56 valence electrons. The van der Waals surface area contributed by atoms with Crippen LogP contribution in [0.25, 0.3) is 0 Å². The van der Waals surface area contributed by atoms with Crippen LogP contribution in [0.3, 0.4) is 0 Å². The van der Waals surface area contributed by atoms with Crippen LogP contribution in [0.1, 0.15) is 13.8 Å². The quantitative estimate of drug-likeness (QED) is 0.514. The molecule has 0 fully saturated rings. The first-order valence-electron chi connectivity index (χ1n) is 3.32. The molecule has 0 aromatic rings. The molecule has 9 heavy (non-hydrogen) atoms. The normalized spacial score (nSPS) is 9.56. The third kappa shape index (κ3) is 18.4. The summed E-state index contributed by atoms with van der Waals surface area (Å²) in [4.78, 5) is 5.87. The van der Waals surface area contributed by atoms with Crippen LogP contribution in [-0.4, -0.2) is 38.8 Å². The van der Waals surface area contributed by atoms with Gasteiger partial charge in [-0.25, -0.2) is 0 Å². The number of nitrogens with zero attached hydrogens (tertiary/aromatic N) is 2. The van der Waals surface area contributed by atoms with Crippen LogP contribution in [0.5, 0.6) is 0 Å². The van der Waals surface area contributed by atoms with E-state index in [0.717, 1.165) is 6.54 Å². The zero-order valence-corrected chi connectivity index (χ0v) is 7.18. The number of rotatable bonds is 2. The highest BCUT2D eigenvalue weighted by Gasteiger charge is 1.78. The Labute approximate surface area is 58.6 Å². The van der Waals surface area contributed by atoms with Gasteiger partial charge in [0.25, 0.3) is 0 Å². The molecule has 0 aromatic heterocycles. The molecule has 0 amide bonds. The Kier molecular flexibility index (Phi) is 13.4. The van der Waals surface area contributed by atoms with Crippen LogP contribution in [0.15, 0.2) is 4.99 Å². The van der Waals surface area contributed by atoms with Crippen molar-refractivity contribution in [3.63, 3.8) is 0 Å². The molecule has 2 nitrogen and oxygen atoms in total. The molecule has 2 heteroatoms. The van der Waals surface area contributed by atoms with E-state index in [1.54, 1.807) is 7.05 Å². The van der Waals surface area contributed by atoms with E-state index in [1.807, 2.05) is 34.2 Å². The van der Waals surface area contributed by atoms with E-state index in [-0.39, 0.29) is 0 Å². The first-order chi connectivity index (χ1) is 4.27. The average Bonchev–Trinajstić information content (AvgIpc) is 1.88. The van der Waals surface area contributed by atoms with Crippen LogP contribution in [0.2, 0.25) is 0 Å². The van der Waals surface area contributed by atoms with Crippen molar-refractivity contribution in [2.24, 2.45) is 4.99 Å². The van der Waals surface area contributed by atoms with Crippen LogP contribution in [0.4, 0.5) is 0 Å². The van der Waals surface area contributed by atoms with Gasteiger partial charge in [-0.05, 0) is 14.1 Å². The number of hydrogen-bond donors (Lipinski definition) is 0. The van der Waals surface area contributed by atoms with Gasteiger partial charge in [0, 0.05) is 19.8 Å². The number of hydrogen-bond acceptors (Lipinski definition) is 2. The van der Waals surface area contributed by atoms with Gasteiger partial charge in [-0.1, -0.05) is 13.8 Å². The summed E-state index contributed by atoms with van der Waals surface area (Å²) in [5.74, 6) is 0. The van der Waals surface area contributed by atoms with Crippen molar-refractivity contribution in [3.05, 3.63) is 0 Å². The lowest BCUT2D eigenvalue weighted by Crippen LogP contribution is -2.13. The minimum Gasteiger partial charge on any atom is -0.304 e. The van der Waals surface area contributed by atoms with Gasteiger partial charge in [-0.2, -0.15) is 0 Å². The monoisotopic (exact) mass is 130 g/mol. The molecule has 0 saturated carbocycles. The maximum absolute atomic E-state index is 3.81. The molecular formula is C7H18N2. The molecule has 0 aliphatic rings. The van der Waals surface area contributed by atoms with Gasteiger partial charge in [0.1, 0.15) is 0 Å². The fraction of sp³-hybridized carbons (Fsp3) is 0.857. The van der Waals surface area contributed by atoms with E-state index in [9.17, 15) is 0 Å². The van der Waals surface area contributed by atoms with Crippen molar-refractivity contribution < 1.29 is 0 Å². The topological polar surface area (TPSA) is 15.6 Å². The van der Waals surface area contributed by atoms with Gasteiger partial charge in [0.05, 0.1) is 0 Å². The van der Waals surface area contributed by atoms with Crippen molar-refractivity contribution in [2.75, 3.05) is 27.7 Å². The first kappa shape index (κ1) is 11.4. The van der Waals surface area contributed by atoms with Crippen LogP contribution in [0, 0.1) is 0 Å². The molecule has 0 atom stereocenters. The average molecular weight is 130 g/mol. The summed E-state index contributed by atoms with van der Waals surface area (Å²) in [5, 5.41) is 0. The Hall–Kier alpha value is -0.370. The second-order valence-electron chi connectivity index (χ2n) is 1.70. The fourth-order valence-electron chi connectivity index (χ4n) is 0.245. The largest absolute Gasteiger partial charge is 0.304 e. The maximum atomic E-state index is 3.81. The van der Waals surface area contributed by atoms with E-state index in [4.69, 9.17) is 0 Å². The van der Waals surface area contributed by atoms with E-state index < -0.39 is 0 Å². The Morgan fingerprint density at radius 1 is 1.33 bits per heavy atom. The minimum absolute atomic E-state index is 0.941. The summed E-state index contributed by atoms with van der Waals surface area (Å²) in [6.45, 7) is 4.94. The van der Waals surface area contributed by atoms with Gasteiger partial charge in [0.2, 0.25) is 0 Å². The molecule has 0 N–H and O–H groups in total. The summed E-state index contributed by atoms with van der Waals surface area (Å²) in [6.07, 6.45) is 1.88. The summed E-state index contributed by atoms with van der Waals surface area (Å²) in [6, 6.07) is 0. The van der Waals surface area contributed by atoms with E-state index in [0.29, 0.717) is 0 Å². The predicted octanol–water partition coefficient (Wildman–Crippen LogP) is 1.27. The lowest BCUT2D eigenvalue weighted by Gasteiger charge is -2.01. The van der Waals surface area contributed by atoms with Gasteiger partial charge in [-0.3, -0.25) is 4.99 Å². The standard InChI is InChI=1S/C5H12N2.C2H6/c1-6-4-5-7(2)3;1-2/h4H,5H2,1-3H3;1-2H3. The van der Waals surface area contributed by atoms with Crippen molar-refractivity contribution >= 4 is 6.21 Å². The van der Waals surface area contributed by atoms with Gasteiger partial charge in [0.15, 0.2) is 0 Å². The van der Waals surface area contributed by atoms with Gasteiger partial charge in [-0.15, -0.1) is 0 Å². The first-order valence-corrected chi connectivity index (χ1v) is 3.32. The molecular weight excluding hydrogens is 112 g/mol. The zero-order valence-electron chi connectivity index (χ0n) is 7.18. The van der Waals surface area contributed by atoms with Crippen molar-refractivity contribution in [3.8, 4) is 0 Å². The Morgan fingerprint density at radius 3 is 1.89 bits per heavy atom. The molecule has 0 aliphatic heterocycles. The summed E-state index contributed by atoms with van der Waals surface area (Å²) >= 11 is 0. The van der Waals surface area contributed by atoms with Crippen LogP contribution < -0.4 is 0 Å². The molecule has 0 unspecified atom stereocenters.